The molecule has 0 aromatic heterocycles. The lowest BCUT2D eigenvalue weighted by atomic mass is 9.75. The van der Waals surface area contributed by atoms with E-state index in [-0.39, 0.29) is 17.8 Å². The van der Waals surface area contributed by atoms with E-state index in [2.05, 4.69) is 19.2 Å². The van der Waals surface area contributed by atoms with Crippen molar-refractivity contribution in [2.24, 2.45) is 5.41 Å². The molecule has 0 radical (unpaired) electrons. The first-order valence-corrected chi connectivity index (χ1v) is 7.71. The first-order chi connectivity index (χ1) is 8.87. The molecule has 1 aliphatic rings. The van der Waals surface area contributed by atoms with Crippen molar-refractivity contribution in [2.75, 3.05) is 0 Å². The Morgan fingerprint density at radius 3 is 2.58 bits per heavy atom. The summed E-state index contributed by atoms with van der Waals surface area (Å²) in [5, 5.41) is 3.07. The summed E-state index contributed by atoms with van der Waals surface area (Å²) in [4.78, 5) is 12.2. The minimum Gasteiger partial charge on any atom is -0.349 e. The summed E-state index contributed by atoms with van der Waals surface area (Å²) in [7, 11) is 0. The minimum atomic E-state index is -0.305. The van der Waals surface area contributed by atoms with Crippen molar-refractivity contribution in [1.82, 2.24) is 5.32 Å². The summed E-state index contributed by atoms with van der Waals surface area (Å²) in [5.41, 5.74) is 0.956. The molecule has 1 aromatic rings. The largest absolute Gasteiger partial charge is 0.349 e. The number of hydrogen-bond acceptors (Lipinski definition) is 1. The van der Waals surface area contributed by atoms with Gasteiger partial charge in [-0.3, -0.25) is 4.79 Å². The summed E-state index contributed by atoms with van der Waals surface area (Å²) >= 11 is 2.00. The molecule has 1 aliphatic carbocycles. The monoisotopic (exact) mass is 375 g/mol. The van der Waals surface area contributed by atoms with E-state index in [4.69, 9.17) is 0 Å². The van der Waals surface area contributed by atoms with Crippen LogP contribution in [-0.4, -0.2) is 11.9 Å². The predicted octanol–water partition coefficient (Wildman–Crippen LogP) is 4.13. The first kappa shape index (κ1) is 14.8. The highest BCUT2D eigenvalue weighted by Gasteiger charge is 2.27. The molecule has 0 heterocycles. The van der Waals surface area contributed by atoms with Crippen molar-refractivity contribution in [3.63, 3.8) is 0 Å². The Bertz CT molecular complexity index is 477. The molecular weight excluding hydrogens is 356 g/mol. The van der Waals surface area contributed by atoms with Crippen molar-refractivity contribution in [2.45, 2.75) is 45.6 Å². The maximum atomic E-state index is 13.0. The van der Waals surface area contributed by atoms with E-state index in [0.29, 0.717) is 14.5 Å². The quantitative estimate of drug-likeness (QED) is 0.774. The van der Waals surface area contributed by atoms with Crippen LogP contribution in [0.5, 0.6) is 0 Å². The van der Waals surface area contributed by atoms with E-state index in [1.807, 2.05) is 22.6 Å². The standard InChI is InChI=1S/C15H19FINO/c1-15(2)7-5-11(6-8-15)18-14(19)12-4-3-10(16)9-13(12)17/h3-4,9,11H,5-8H2,1-2H3,(H,18,19). The fourth-order valence-electron chi connectivity index (χ4n) is 2.48. The number of amides is 1. The molecule has 1 aromatic carbocycles. The Labute approximate surface area is 127 Å². The van der Waals surface area contributed by atoms with E-state index in [0.717, 1.165) is 25.7 Å². The topological polar surface area (TPSA) is 29.1 Å². The van der Waals surface area contributed by atoms with Gasteiger partial charge in [0.25, 0.3) is 5.91 Å². The third-order valence-electron chi connectivity index (χ3n) is 3.85. The molecule has 2 rings (SSSR count). The van der Waals surface area contributed by atoms with Crippen LogP contribution in [0, 0.1) is 14.8 Å². The number of carbonyl (C=O) groups excluding carboxylic acids is 1. The van der Waals surface area contributed by atoms with Gasteiger partial charge in [-0.1, -0.05) is 13.8 Å². The van der Waals surface area contributed by atoms with Crippen LogP contribution in [0.25, 0.3) is 0 Å². The van der Waals surface area contributed by atoms with Crippen molar-refractivity contribution >= 4 is 28.5 Å². The van der Waals surface area contributed by atoms with Gasteiger partial charge >= 0.3 is 0 Å². The number of halogens is 2. The Morgan fingerprint density at radius 2 is 2.00 bits per heavy atom. The van der Waals surface area contributed by atoms with Crippen LogP contribution in [0.1, 0.15) is 49.9 Å². The third-order valence-corrected chi connectivity index (χ3v) is 4.74. The molecular formula is C15H19FINO. The van der Waals surface area contributed by atoms with Gasteiger partial charge in [-0.25, -0.2) is 4.39 Å². The SMILES string of the molecule is CC1(C)CCC(NC(=O)c2ccc(F)cc2I)CC1. The van der Waals surface area contributed by atoms with E-state index in [1.54, 1.807) is 6.07 Å². The lowest BCUT2D eigenvalue weighted by Crippen LogP contribution is -2.39. The average molecular weight is 375 g/mol. The number of nitrogens with one attached hydrogen (secondary N) is 1. The Balaban J connectivity index is 1.98. The van der Waals surface area contributed by atoms with Crippen molar-refractivity contribution in [3.05, 3.63) is 33.1 Å². The van der Waals surface area contributed by atoms with Gasteiger partial charge in [0.05, 0.1) is 5.56 Å². The maximum Gasteiger partial charge on any atom is 0.252 e. The fourth-order valence-corrected chi connectivity index (χ4v) is 3.20. The number of rotatable bonds is 2. The van der Waals surface area contributed by atoms with Gasteiger partial charge in [-0.2, -0.15) is 0 Å². The molecule has 104 valence electrons. The molecule has 4 heteroatoms. The van der Waals surface area contributed by atoms with Crippen LogP contribution in [0.15, 0.2) is 18.2 Å². The van der Waals surface area contributed by atoms with E-state index in [9.17, 15) is 9.18 Å². The molecule has 1 fully saturated rings. The smallest absolute Gasteiger partial charge is 0.252 e. The first-order valence-electron chi connectivity index (χ1n) is 6.63. The van der Waals surface area contributed by atoms with E-state index < -0.39 is 0 Å². The van der Waals surface area contributed by atoms with Crippen molar-refractivity contribution in [3.8, 4) is 0 Å². The van der Waals surface area contributed by atoms with Gasteiger partial charge < -0.3 is 5.32 Å². The minimum absolute atomic E-state index is 0.0888. The molecule has 0 saturated heterocycles. The summed E-state index contributed by atoms with van der Waals surface area (Å²) in [6.45, 7) is 4.54. The molecule has 0 unspecified atom stereocenters. The lowest BCUT2D eigenvalue weighted by molar-refractivity contribution is 0.0908. The van der Waals surface area contributed by atoms with Crippen LogP contribution < -0.4 is 5.32 Å². The van der Waals surface area contributed by atoms with Crippen LogP contribution >= 0.6 is 22.6 Å². The molecule has 1 saturated carbocycles. The molecule has 0 aliphatic heterocycles. The Morgan fingerprint density at radius 1 is 1.37 bits per heavy atom. The second-order valence-electron chi connectivity index (χ2n) is 6.04. The van der Waals surface area contributed by atoms with E-state index >= 15 is 0 Å². The maximum absolute atomic E-state index is 13.0. The molecule has 0 bridgehead atoms. The second kappa shape index (κ2) is 5.77. The molecule has 19 heavy (non-hydrogen) atoms. The highest BCUT2D eigenvalue weighted by Crippen LogP contribution is 2.35. The predicted molar refractivity (Wildman–Crippen MR) is 82.6 cm³/mol. The number of benzene rings is 1. The third kappa shape index (κ3) is 3.91. The normalized spacial score (nSPS) is 19.2. The zero-order valence-electron chi connectivity index (χ0n) is 11.3. The summed E-state index contributed by atoms with van der Waals surface area (Å²) in [5.74, 6) is -0.394. The molecule has 0 spiro atoms. The van der Waals surface area contributed by atoms with Crippen molar-refractivity contribution < 1.29 is 9.18 Å². The highest BCUT2D eigenvalue weighted by molar-refractivity contribution is 14.1. The van der Waals surface area contributed by atoms with Gasteiger partial charge in [0.15, 0.2) is 0 Å². The number of carbonyl (C=O) groups is 1. The second-order valence-corrected chi connectivity index (χ2v) is 7.20. The summed E-state index contributed by atoms with van der Waals surface area (Å²) in [6, 6.07) is 4.53. The zero-order chi connectivity index (χ0) is 14.0. The van der Waals surface area contributed by atoms with Gasteiger partial charge in [0.1, 0.15) is 5.82 Å². The van der Waals surface area contributed by atoms with Gasteiger partial charge in [0.2, 0.25) is 0 Å². The van der Waals surface area contributed by atoms with Gasteiger partial charge in [-0.05, 0) is 71.9 Å². The molecule has 1 amide bonds. The van der Waals surface area contributed by atoms with E-state index in [1.165, 1.54) is 12.1 Å². The molecule has 1 N–H and O–H groups in total. The van der Waals surface area contributed by atoms with Gasteiger partial charge in [0, 0.05) is 9.61 Å². The molecule has 0 atom stereocenters. The van der Waals surface area contributed by atoms with Gasteiger partial charge in [-0.15, -0.1) is 0 Å². The zero-order valence-corrected chi connectivity index (χ0v) is 13.5. The Hall–Kier alpha value is -0.650. The fraction of sp³-hybridized carbons (Fsp3) is 0.533. The summed E-state index contributed by atoms with van der Waals surface area (Å²) < 4.78 is 13.7. The Kier molecular flexibility index (Phi) is 4.48. The van der Waals surface area contributed by atoms with Crippen LogP contribution in [0.2, 0.25) is 0 Å². The van der Waals surface area contributed by atoms with Crippen LogP contribution in [0.3, 0.4) is 0 Å². The lowest BCUT2D eigenvalue weighted by Gasteiger charge is -2.34. The number of hydrogen-bond donors (Lipinski definition) is 1. The molecule has 2 nitrogen and oxygen atoms in total. The average Bonchev–Trinajstić information content (AvgIpc) is 2.31. The summed E-state index contributed by atoms with van der Waals surface area (Å²) in [6.07, 6.45) is 4.32. The highest BCUT2D eigenvalue weighted by atomic mass is 127. The van der Waals surface area contributed by atoms with Crippen molar-refractivity contribution in [1.29, 1.82) is 0 Å². The van der Waals surface area contributed by atoms with Crippen LogP contribution in [0.4, 0.5) is 4.39 Å². The van der Waals surface area contributed by atoms with Crippen LogP contribution in [-0.2, 0) is 0 Å².